The van der Waals surface area contributed by atoms with Crippen molar-refractivity contribution >= 4 is 18.1 Å². The van der Waals surface area contributed by atoms with Gasteiger partial charge in [-0.3, -0.25) is 15.2 Å². The number of nitrogens with zero attached hydrogens (tertiary/aromatic N) is 2. The number of aromatic nitrogens is 1. The van der Waals surface area contributed by atoms with Gasteiger partial charge in [-0.25, -0.2) is 14.6 Å². The lowest BCUT2D eigenvalue weighted by atomic mass is 9.85. The van der Waals surface area contributed by atoms with Gasteiger partial charge < -0.3 is 39.4 Å². The summed E-state index contributed by atoms with van der Waals surface area (Å²) >= 11 is 0. The van der Waals surface area contributed by atoms with Crippen LogP contribution in [0.25, 0.3) is 11.1 Å². The Kier molecular flexibility index (Phi) is 13.7. The molecule has 0 aliphatic carbocycles. The highest BCUT2D eigenvalue weighted by atomic mass is 19.3. The number of alkyl halides is 2. The first-order valence-corrected chi connectivity index (χ1v) is 17.6. The van der Waals surface area contributed by atoms with Gasteiger partial charge in [0.25, 0.3) is 0 Å². The molecule has 3 aromatic rings. The van der Waals surface area contributed by atoms with E-state index < -0.39 is 60.7 Å². The number of nitrogens with one attached hydrogen (secondary N) is 3. The average Bonchev–Trinajstić information content (AvgIpc) is 3.76. The highest BCUT2D eigenvalue weighted by Gasteiger charge is 2.44. The molecule has 0 saturated carbocycles. The highest BCUT2D eigenvalue weighted by Crippen LogP contribution is 2.33. The van der Waals surface area contributed by atoms with Gasteiger partial charge in [0.2, 0.25) is 5.91 Å². The van der Waals surface area contributed by atoms with E-state index in [4.69, 9.17) is 18.9 Å². The molecule has 0 radical (unpaired) electrons. The van der Waals surface area contributed by atoms with Crippen LogP contribution in [0.15, 0.2) is 73.1 Å². The summed E-state index contributed by atoms with van der Waals surface area (Å²) in [5.41, 5.74) is 5.23. The van der Waals surface area contributed by atoms with E-state index in [1.165, 1.54) is 24.3 Å². The molecule has 16 heteroatoms. The second-order valence-electron chi connectivity index (χ2n) is 14.2. The third kappa shape index (κ3) is 11.3. The van der Waals surface area contributed by atoms with Crippen LogP contribution in [0.4, 0.5) is 18.4 Å². The summed E-state index contributed by atoms with van der Waals surface area (Å²) in [6.45, 7) is 2.79. The van der Waals surface area contributed by atoms with Crippen molar-refractivity contribution in [3.05, 3.63) is 84.2 Å². The number of hydrazine groups is 1. The number of benzene rings is 2. The van der Waals surface area contributed by atoms with Crippen molar-refractivity contribution in [1.29, 1.82) is 0 Å². The number of halogens is 2. The van der Waals surface area contributed by atoms with E-state index in [-0.39, 0.29) is 37.8 Å². The summed E-state index contributed by atoms with van der Waals surface area (Å²) in [6.07, 6.45) is 0.333. The lowest BCUT2D eigenvalue weighted by Crippen LogP contribution is -2.59. The van der Waals surface area contributed by atoms with Gasteiger partial charge in [0.05, 0.1) is 38.4 Å². The summed E-state index contributed by atoms with van der Waals surface area (Å²) < 4.78 is 51.7. The second-order valence-corrected chi connectivity index (χ2v) is 14.2. The van der Waals surface area contributed by atoms with Gasteiger partial charge in [0, 0.05) is 25.5 Å². The first kappa shape index (κ1) is 40.3. The third-order valence-corrected chi connectivity index (χ3v) is 9.21. The van der Waals surface area contributed by atoms with E-state index in [9.17, 15) is 28.3 Å². The Labute approximate surface area is 312 Å². The third-order valence-electron chi connectivity index (χ3n) is 9.21. The summed E-state index contributed by atoms with van der Waals surface area (Å²) in [5, 5.41) is 18.8. The molecule has 6 unspecified atom stereocenters. The minimum Gasteiger partial charge on any atom is -0.453 e. The summed E-state index contributed by atoms with van der Waals surface area (Å²) in [6, 6.07) is 15.2. The number of aliphatic hydroxyl groups is 1. The number of amides is 3. The van der Waals surface area contributed by atoms with Crippen LogP contribution in [0.3, 0.4) is 0 Å². The van der Waals surface area contributed by atoms with E-state index in [1.807, 2.05) is 36.4 Å². The fourth-order valence-electron chi connectivity index (χ4n) is 6.37. The van der Waals surface area contributed by atoms with Crippen molar-refractivity contribution in [1.82, 2.24) is 26.1 Å². The number of aliphatic hydroxyl groups excluding tert-OH is 1. The second kappa shape index (κ2) is 18.4. The SMILES string of the molecule is COC(=O)NC(C(=O)NC(Cc1ccc(-c2ccncc2)cc1)C(O)CN(Cc1ccc(OC(F)F)cc1)NC(=O)OC1COC2OCCC12)C(C)(C)C. The maximum Gasteiger partial charge on any atom is 0.422 e. The lowest BCUT2D eigenvalue weighted by molar-refractivity contribution is -0.127. The molecular weight excluding hydrogens is 708 g/mol. The average molecular weight is 756 g/mol. The maximum atomic E-state index is 13.8. The number of carbonyl (C=O) groups is 3. The Morgan fingerprint density at radius 1 is 0.944 bits per heavy atom. The molecule has 2 fully saturated rings. The van der Waals surface area contributed by atoms with Gasteiger partial charge in [0.15, 0.2) is 6.29 Å². The van der Waals surface area contributed by atoms with E-state index in [1.54, 1.807) is 45.3 Å². The zero-order chi connectivity index (χ0) is 38.8. The molecule has 5 rings (SSSR count). The van der Waals surface area contributed by atoms with Crippen molar-refractivity contribution in [2.75, 3.05) is 26.9 Å². The molecule has 2 aliphatic rings. The topological polar surface area (TPSA) is 170 Å². The Bertz CT molecular complexity index is 1680. The van der Waals surface area contributed by atoms with Gasteiger partial charge in [-0.2, -0.15) is 8.78 Å². The van der Waals surface area contributed by atoms with Crippen LogP contribution in [0.5, 0.6) is 5.75 Å². The van der Waals surface area contributed by atoms with Crippen molar-refractivity contribution in [3.8, 4) is 16.9 Å². The molecular formula is C38H47F2N5O9. The Morgan fingerprint density at radius 2 is 1.61 bits per heavy atom. The number of hydrogen-bond acceptors (Lipinski definition) is 11. The predicted octanol–water partition coefficient (Wildman–Crippen LogP) is 4.41. The van der Waals surface area contributed by atoms with Crippen molar-refractivity contribution in [2.45, 2.75) is 77.4 Å². The molecule has 0 spiro atoms. The fraction of sp³-hybridized carbons (Fsp3) is 0.474. The lowest BCUT2D eigenvalue weighted by Gasteiger charge is -2.34. The number of carbonyl (C=O) groups excluding carboxylic acids is 3. The van der Waals surface area contributed by atoms with Crippen LogP contribution in [0.2, 0.25) is 0 Å². The quantitative estimate of drug-likeness (QED) is 0.162. The molecule has 54 heavy (non-hydrogen) atoms. The zero-order valence-electron chi connectivity index (χ0n) is 30.6. The molecule has 4 N–H and O–H groups in total. The number of hydrogen-bond donors (Lipinski definition) is 4. The number of rotatable bonds is 15. The Balaban J connectivity index is 1.38. The minimum atomic E-state index is -3.00. The molecule has 1 aromatic heterocycles. The summed E-state index contributed by atoms with van der Waals surface area (Å²) in [5.74, 6) is -0.724. The van der Waals surface area contributed by atoms with Gasteiger partial charge >= 0.3 is 18.8 Å². The Hall–Kier alpha value is -4.90. The van der Waals surface area contributed by atoms with Crippen LogP contribution >= 0.6 is 0 Å². The largest absolute Gasteiger partial charge is 0.453 e. The van der Waals surface area contributed by atoms with E-state index in [2.05, 4.69) is 25.8 Å². The molecule has 292 valence electrons. The van der Waals surface area contributed by atoms with Crippen LogP contribution in [-0.4, -0.2) is 97.3 Å². The van der Waals surface area contributed by atoms with Crippen LogP contribution in [-0.2, 0) is 36.7 Å². The van der Waals surface area contributed by atoms with Crippen molar-refractivity contribution in [2.24, 2.45) is 11.3 Å². The monoisotopic (exact) mass is 755 g/mol. The summed E-state index contributed by atoms with van der Waals surface area (Å²) in [7, 11) is 1.20. The van der Waals surface area contributed by atoms with E-state index in [0.717, 1.165) is 16.7 Å². The molecule has 0 bridgehead atoms. The van der Waals surface area contributed by atoms with E-state index in [0.29, 0.717) is 18.6 Å². The van der Waals surface area contributed by atoms with Gasteiger partial charge in [-0.15, -0.1) is 0 Å². The number of methoxy groups -OCH3 is 1. The number of pyridine rings is 1. The zero-order valence-corrected chi connectivity index (χ0v) is 30.6. The molecule has 3 amide bonds. The maximum absolute atomic E-state index is 13.8. The highest BCUT2D eigenvalue weighted by molar-refractivity contribution is 5.86. The molecule has 3 heterocycles. The minimum absolute atomic E-state index is 0.00720. The van der Waals surface area contributed by atoms with Gasteiger partial charge in [0.1, 0.15) is 17.9 Å². The molecule has 2 saturated heterocycles. The number of alkyl carbamates (subject to hydrolysis) is 1. The Morgan fingerprint density at radius 3 is 2.26 bits per heavy atom. The fourth-order valence-corrected chi connectivity index (χ4v) is 6.37. The standard InChI is InChI=1S/C38H47F2N5O9/c1-38(2,3)32(43-36(48)50-4)33(47)42-29(19-23-5-9-25(10-6-23)26-13-16-41-17-14-26)30(46)21-45(20-24-7-11-27(12-8-24)53-35(39)40)44-37(49)54-31-22-52-34-28(31)15-18-51-34/h5-14,16-17,28-32,34-35,46H,15,18-22H2,1-4H3,(H,42,47)(H,43,48)(H,44,49). The van der Waals surface area contributed by atoms with Crippen molar-refractivity contribution < 1.29 is 52.0 Å². The van der Waals surface area contributed by atoms with Gasteiger partial charge in [-0.1, -0.05) is 57.2 Å². The predicted molar refractivity (Wildman–Crippen MR) is 191 cm³/mol. The first-order valence-electron chi connectivity index (χ1n) is 17.6. The van der Waals surface area contributed by atoms with Crippen molar-refractivity contribution in [3.63, 3.8) is 0 Å². The van der Waals surface area contributed by atoms with Crippen LogP contribution in [0, 0.1) is 11.3 Å². The normalized spacial score (nSPS) is 19.8. The van der Waals surface area contributed by atoms with Crippen LogP contribution in [0.1, 0.15) is 38.3 Å². The molecule has 14 nitrogen and oxygen atoms in total. The van der Waals surface area contributed by atoms with Gasteiger partial charge in [-0.05, 0) is 64.8 Å². The first-order chi connectivity index (χ1) is 25.8. The molecule has 6 atom stereocenters. The summed E-state index contributed by atoms with van der Waals surface area (Å²) in [4.78, 5) is 43.4. The smallest absolute Gasteiger partial charge is 0.422 e. The molecule has 2 aliphatic heterocycles. The number of ether oxygens (including phenoxy) is 5. The van der Waals surface area contributed by atoms with Crippen LogP contribution < -0.4 is 20.8 Å². The number of fused-ring (bicyclic) bond motifs is 1. The molecule has 2 aromatic carbocycles. The van der Waals surface area contributed by atoms with E-state index >= 15 is 0 Å².